The molecule has 3 nitrogen and oxygen atoms in total. The van der Waals surface area contributed by atoms with Crippen LogP contribution in [0.3, 0.4) is 0 Å². The van der Waals surface area contributed by atoms with Crippen molar-refractivity contribution in [2.45, 2.75) is 12.5 Å². The largest absolute Gasteiger partial charge is 0.388 e. The molecule has 66 valence electrons. The topological polar surface area (TPSA) is 59.1 Å². The highest BCUT2D eigenvalue weighted by molar-refractivity contribution is 9.10. The molecule has 0 spiro atoms. The first-order valence-electron chi connectivity index (χ1n) is 3.73. The summed E-state index contributed by atoms with van der Waals surface area (Å²) in [4.78, 5) is 3.90. The van der Waals surface area contributed by atoms with Crippen LogP contribution in [-0.4, -0.2) is 16.6 Å². The minimum atomic E-state index is -0.493. The third kappa shape index (κ3) is 2.27. The monoisotopic (exact) mass is 230 g/mol. The molecule has 1 atom stereocenters. The smallest absolute Gasteiger partial charge is 0.0814 e. The van der Waals surface area contributed by atoms with Gasteiger partial charge in [0, 0.05) is 16.9 Å². The van der Waals surface area contributed by atoms with Gasteiger partial charge in [-0.05, 0) is 40.5 Å². The van der Waals surface area contributed by atoms with E-state index in [1.165, 1.54) is 0 Å². The maximum Gasteiger partial charge on any atom is 0.0814 e. The molecule has 0 saturated heterocycles. The summed E-state index contributed by atoms with van der Waals surface area (Å²) >= 11 is 3.30. The second kappa shape index (κ2) is 4.54. The highest BCUT2D eigenvalue weighted by atomic mass is 79.9. The first-order valence-corrected chi connectivity index (χ1v) is 4.52. The lowest BCUT2D eigenvalue weighted by molar-refractivity contribution is 0.169. The van der Waals surface area contributed by atoms with Crippen molar-refractivity contribution in [2.24, 2.45) is 5.73 Å². The predicted molar refractivity (Wildman–Crippen MR) is 50.6 cm³/mol. The second-order valence-corrected chi connectivity index (χ2v) is 3.34. The SMILES string of the molecule is NCC[C@H](O)c1ccncc1Br. The number of nitrogens with zero attached hydrogens (tertiary/aromatic N) is 1. The van der Waals surface area contributed by atoms with Crippen LogP contribution in [0, 0.1) is 0 Å². The quantitative estimate of drug-likeness (QED) is 0.822. The van der Waals surface area contributed by atoms with Crippen molar-refractivity contribution >= 4 is 15.9 Å². The number of pyridine rings is 1. The third-order valence-electron chi connectivity index (χ3n) is 1.60. The highest BCUT2D eigenvalue weighted by Gasteiger charge is 2.09. The Balaban J connectivity index is 2.79. The van der Waals surface area contributed by atoms with Crippen LogP contribution in [0.2, 0.25) is 0 Å². The van der Waals surface area contributed by atoms with Crippen LogP contribution in [-0.2, 0) is 0 Å². The van der Waals surface area contributed by atoms with Crippen molar-refractivity contribution in [1.29, 1.82) is 0 Å². The zero-order valence-corrected chi connectivity index (χ0v) is 8.16. The molecule has 0 aliphatic rings. The average molecular weight is 231 g/mol. The third-order valence-corrected chi connectivity index (χ3v) is 2.27. The van der Waals surface area contributed by atoms with E-state index in [1.54, 1.807) is 18.5 Å². The van der Waals surface area contributed by atoms with Gasteiger partial charge in [0.05, 0.1) is 6.10 Å². The Labute approximate surface area is 79.7 Å². The Bertz CT molecular complexity index is 255. The first-order chi connectivity index (χ1) is 5.75. The second-order valence-electron chi connectivity index (χ2n) is 2.49. The van der Waals surface area contributed by atoms with Crippen molar-refractivity contribution < 1.29 is 5.11 Å². The molecular formula is C8H11BrN2O. The van der Waals surface area contributed by atoms with E-state index in [0.717, 1.165) is 10.0 Å². The Morgan fingerprint density at radius 2 is 2.42 bits per heavy atom. The van der Waals surface area contributed by atoms with Crippen LogP contribution in [0.4, 0.5) is 0 Å². The number of rotatable bonds is 3. The number of aromatic nitrogens is 1. The zero-order valence-electron chi connectivity index (χ0n) is 6.57. The van der Waals surface area contributed by atoms with Crippen LogP contribution in [0.1, 0.15) is 18.1 Å². The molecule has 0 aliphatic carbocycles. The Kier molecular flexibility index (Phi) is 3.65. The summed E-state index contributed by atoms with van der Waals surface area (Å²) in [5.74, 6) is 0. The fourth-order valence-electron chi connectivity index (χ4n) is 0.970. The average Bonchev–Trinajstić information content (AvgIpc) is 2.05. The van der Waals surface area contributed by atoms with Gasteiger partial charge < -0.3 is 10.8 Å². The Morgan fingerprint density at radius 3 is 3.00 bits per heavy atom. The first kappa shape index (κ1) is 9.64. The van der Waals surface area contributed by atoms with E-state index in [4.69, 9.17) is 5.73 Å². The van der Waals surface area contributed by atoms with Gasteiger partial charge in [-0.25, -0.2) is 0 Å². The standard InChI is InChI=1S/C8H11BrN2O/c9-7-5-11-4-2-6(7)8(12)1-3-10/h2,4-5,8,12H,1,3,10H2/t8-/m0/s1. The van der Waals surface area contributed by atoms with E-state index in [0.29, 0.717) is 13.0 Å². The van der Waals surface area contributed by atoms with E-state index in [2.05, 4.69) is 20.9 Å². The van der Waals surface area contributed by atoms with Gasteiger partial charge in [-0.1, -0.05) is 0 Å². The lowest BCUT2D eigenvalue weighted by Crippen LogP contribution is -2.07. The van der Waals surface area contributed by atoms with Crippen LogP contribution in [0.15, 0.2) is 22.9 Å². The molecule has 0 fully saturated rings. The van der Waals surface area contributed by atoms with E-state index in [1.807, 2.05) is 0 Å². The summed E-state index contributed by atoms with van der Waals surface area (Å²) in [5.41, 5.74) is 6.17. The number of aliphatic hydroxyl groups excluding tert-OH is 1. The fraction of sp³-hybridized carbons (Fsp3) is 0.375. The van der Waals surface area contributed by atoms with Gasteiger partial charge in [0.2, 0.25) is 0 Å². The summed E-state index contributed by atoms with van der Waals surface area (Å²) in [6.45, 7) is 0.482. The van der Waals surface area contributed by atoms with Gasteiger partial charge >= 0.3 is 0 Å². The lowest BCUT2D eigenvalue weighted by Gasteiger charge is -2.10. The van der Waals surface area contributed by atoms with Crippen LogP contribution in [0.25, 0.3) is 0 Å². The van der Waals surface area contributed by atoms with Crippen molar-refractivity contribution in [3.8, 4) is 0 Å². The number of nitrogens with two attached hydrogens (primary N) is 1. The molecule has 12 heavy (non-hydrogen) atoms. The highest BCUT2D eigenvalue weighted by Crippen LogP contribution is 2.23. The lowest BCUT2D eigenvalue weighted by atomic mass is 10.1. The van der Waals surface area contributed by atoms with Gasteiger partial charge in [-0.2, -0.15) is 0 Å². The number of hydrogen-bond acceptors (Lipinski definition) is 3. The van der Waals surface area contributed by atoms with Crippen molar-refractivity contribution in [1.82, 2.24) is 4.98 Å². The van der Waals surface area contributed by atoms with E-state index in [9.17, 15) is 5.11 Å². The summed E-state index contributed by atoms with van der Waals surface area (Å²) in [7, 11) is 0. The van der Waals surface area contributed by atoms with Crippen LogP contribution in [0.5, 0.6) is 0 Å². The molecular weight excluding hydrogens is 220 g/mol. The molecule has 1 rings (SSSR count). The Morgan fingerprint density at radius 1 is 1.67 bits per heavy atom. The molecule has 0 amide bonds. The molecule has 0 aromatic carbocycles. The molecule has 4 heteroatoms. The number of aliphatic hydroxyl groups is 1. The molecule has 1 heterocycles. The van der Waals surface area contributed by atoms with Crippen LogP contribution >= 0.6 is 15.9 Å². The van der Waals surface area contributed by atoms with Crippen molar-refractivity contribution in [2.75, 3.05) is 6.54 Å². The van der Waals surface area contributed by atoms with Gasteiger partial charge in [-0.3, -0.25) is 4.98 Å². The minimum Gasteiger partial charge on any atom is -0.388 e. The molecule has 3 N–H and O–H groups in total. The number of hydrogen-bond donors (Lipinski definition) is 2. The van der Waals surface area contributed by atoms with E-state index >= 15 is 0 Å². The minimum absolute atomic E-state index is 0.482. The molecule has 0 unspecified atom stereocenters. The normalized spacial score (nSPS) is 12.9. The van der Waals surface area contributed by atoms with Gasteiger partial charge in [-0.15, -0.1) is 0 Å². The van der Waals surface area contributed by atoms with E-state index in [-0.39, 0.29) is 0 Å². The van der Waals surface area contributed by atoms with E-state index < -0.39 is 6.10 Å². The summed E-state index contributed by atoms with van der Waals surface area (Å²) in [6, 6.07) is 1.78. The molecule has 0 bridgehead atoms. The Hall–Kier alpha value is -0.450. The van der Waals surface area contributed by atoms with Gasteiger partial charge in [0.1, 0.15) is 0 Å². The van der Waals surface area contributed by atoms with Gasteiger partial charge in [0.25, 0.3) is 0 Å². The van der Waals surface area contributed by atoms with Crippen molar-refractivity contribution in [3.05, 3.63) is 28.5 Å². The summed E-state index contributed by atoms with van der Waals surface area (Å²) in [6.07, 6.45) is 3.39. The zero-order chi connectivity index (χ0) is 8.97. The maximum absolute atomic E-state index is 9.56. The molecule has 0 saturated carbocycles. The molecule has 1 aromatic heterocycles. The van der Waals surface area contributed by atoms with Crippen LogP contribution < -0.4 is 5.73 Å². The summed E-state index contributed by atoms with van der Waals surface area (Å²) in [5, 5.41) is 9.56. The molecule has 1 aromatic rings. The molecule has 0 aliphatic heterocycles. The van der Waals surface area contributed by atoms with Gasteiger partial charge in [0.15, 0.2) is 0 Å². The van der Waals surface area contributed by atoms with Crippen molar-refractivity contribution in [3.63, 3.8) is 0 Å². The molecule has 0 radical (unpaired) electrons. The maximum atomic E-state index is 9.56. The number of halogens is 1. The predicted octanol–water partition coefficient (Wildman–Crippen LogP) is 1.23. The fourth-order valence-corrected chi connectivity index (χ4v) is 1.48. The summed E-state index contributed by atoms with van der Waals surface area (Å²) < 4.78 is 0.825.